The van der Waals surface area contributed by atoms with Crippen molar-refractivity contribution in [2.45, 2.75) is 12.8 Å². The molecule has 1 aliphatic carbocycles. The Hall–Kier alpha value is -1.84. The molecule has 84 valence electrons. The lowest BCUT2D eigenvalue weighted by Crippen LogP contribution is -2.17. The Morgan fingerprint density at radius 1 is 1.44 bits per heavy atom. The van der Waals surface area contributed by atoms with E-state index in [1.165, 1.54) is 12.8 Å². The molecule has 4 nitrogen and oxygen atoms in total. The smallest absolute Gasteiger partial charge is 0.271 e. The number of nitrogens with one attached hydrogen (secondary N) is 1. The topological polar surface area (TPSA) is 50.7 Å². The van der Waals surface area contributed by atoms with E-state index in [1.807, 2.05) is 0 Å². The number of amides is 1. The van der Waals surface area contributed by atoms with Crippen molar-refractivity contribution in [3.8, 4) is 5.75 Å². The molecule has 1 saturated carbocycles. The van der Waals surface area contributed by atoms with Crippen molar-refractivity contribution in [3.63, 3.8) is 0 Å². The molecular formula is C12H14N2O2. The average molecular weight is 218 g/mol. The van der Waals surface area contributed by atoms with Crippen LogP contribution in [-0.2, 0) is 0 Å². The molecular weight excluding hydrogens is 204 g/mol. The van der Waals surface area contributed by atoms with Crippen LogP contribution in [0.1, 0.15) is 23.2 Å². The van der Waals surface area contributed by atoms with Gasteiger partial charge in [0.1, 0.15) is 5.75 Å². The van der Waals surface area contributed by atoms with Gasteiger partial charge in [0.15, 0.2) is 0 Å². The number of hydrogen-bond acceptors (Lipinski definition) is 3. The van der Waals surface area contributed by atoms with Crippen LogP contribution in [0.2, 0.25) is 0 Å². The molecule has 0 saturated heterocycles. The molecule has 1 fully saturated rings. The molecule has 0 heterocycles. The predicted octanol–water partition coefficient (Wildman–Crippen LogP) is 1.82. The van der Waals surface area contributed by atoms with Crippen LogP contribution in [0.4, 0.5) is 0 Å². The molecule has 1 amide bonds. The van der Waals surface area contributed by atoms with Crippen LogP contribution < -0.4 is 10.2 Å². The summed E-state index contributed by atoms with van der Waals surface area (Å²) >= 11 is 0. The number of hydrazone groups is 1. The van der Waals surface area contributed by atoms with E-state index >= 15 is 0 Å². The maximum Gasteiger partial charge on any atom is 0.271 e. The van der Waals surface area contributed by atoms with E-state index in [0.717, 1.165) is 5.75 Å². The molecule has 0 unspecified atom stereocenters. The van der Waals surface area contributed by atoms with Gasteiger partial charge < -0.3 is 4.74 Å². The molecule has 2 rings (SSSR count). The minimum atomic E-state index is -0.195. The van der Waals surface area contributed by atoms with Gasteiger partial charge in [-0.2, -0.15) is 5.10 Å². The van der Waals surface area contributed by atoms with Crippen molar-refractivity contribution in [2.75, 3.05) is 7.11 Å². The molecule has 1 aliphatic rings. The van der Waals surface area contributed by atoms with E-state index in [-0.39, 0.29) is 5.91 Å². The van der Waals surface area contributed by atoms with Crippen molar-refractivity contribution in [3.05, 3.63) is 29.8 Å². The van der Waals surface area contributed by atoms with E-state index < -0.39 is 0 Å². The van der Waals surface area contributed by atoms with Crippen LogP contribution >= 0.6 is 0 Å². The maximum absolute atomic E-state index is 11.6. The van der Waals surface area contributed by atoms with Crippen LogP contribution in [0.3, 0.4) is 0 Å². The number of carbonyl (C=O) groups is 1. The van der Waals surface area contributed by atoms with Gasteiger partial charge in [-0.15, -0.1) is 0 Å². The molecule has 4 heteroatoms. The Morgan fingerprint density at radius 2 is 2.12 bits per heavy atom. The molecule has 0 aromatic heterocycles. The second-order valence-corrected chi connectivity index (χ2v) is 3.79. The first kappa shape index (κ1) is 10.7. The lowest BCUT2D eigenvalue weighted by Gasteiger charge is -2.01. The highest BCUT2D eigenvalue weighted by atomic mass is 16.5. The summed E-state index contributed by atoms with van der Waals surface area (Å²) < 4.78 is 5.01. The van der Waals surface area contributed by atoms with E-state index in [9.17, 15) is 4.79 Å². The SMILES string of the molecule is COc1ccc(C(=O)N/N=C/C2CC2)cc1. The van der Waals surface area contributed by atoms with Crippen LogP contribution in [0, 0.1) is 5.92 Å². The summed E-state index contributed by atoms with van der Waals surface area (Å²) in [7, 11) is 1.59. The number of hydrogen-bond donors (Lipinski definition) is 1. The van der Waals surface area contributed by atoms with Crippen LogP contribution in [-0.4, -0.2) is 19.2 Å². The first-order chi connectivity index (χ1) is 7.79. The fraction of sp³-hybridized carbons (Fsp3) is 0.333. The van der Waals surface area contributed by atoms with Crippen molar-refractivity contribution in [1.82, 2.24) is 5.43 Å². The molecule has 1 N–H and O–H groups in total. The number of ether oxygens (including phenoxy) is 1. The lowest BCUT2D eigenvalue weighted by atomic mass is 10.2. The Bertz CT molecular complexity index is 394. The quantitative estimate of drug-likeness (QED) is 0.619. The minimum Gasteiger partial charge on any atom is -0.497 e. The highest BCUT2D eigenvalue weighted by Gasteiger charge is 2.18. The summed E-state index contributed by atoms with van der Waals surface area (Å²) in [5.41, 5.74) is 3.07. The third kappa shape index (κ3) is 2.82. The largest absolute Gasteiger partial charge is 0.497 e. The van der Waals surface area contributed by atoms with Crippen molar-refractivity contribution in [2.24, 2.45) is 11.0 Å². The summed E-state index contributed by atoms with van der Waals surface area (Å²) in [6.07, 6.45) is 4.16. The van der Waals surface area contributed by atoms with Crippen LogP contribution in [0.25, 0.3) is 0 Å². The van der Waals surface area contributed by atoms with Crippen molar-refractivity contribution in [1.29, 1.82) is 0 Å². The zero-order valence-corrected chi connectivity index (χ0v) is 9.14. The van der Waals surface area contributed by atoms with E-state index in [2.05, 4.69) is 10.5 Å². The molecule has 0 bridgehead atoms. The Balaban J connectivity index is 1.91. The summed E-state index contributed by atoms with van der Waals surface area (Å²) in [5, 5.41) is 3.90. The van der Waals surface area contributed by atoms with Crippen molar-refractivity contribution >= 4 is 12.1 Å². The zero-order valence-electron chi connectivity index (χ0n) is 9.14. The average Bonchev–Trinajstić information content (AvgIpc) is 3.13. The zero-order chi connectivity index (χ0) is 11.4. The first-order valence-corrected chi connectivity index (χ1v) is 5.27. The number of rotatable bonds is 4. The van der Waals surface area contributed by atoms with Gasteiger partial charge in [-0.3, -0.25) is 4.79 Å². The summed E-state index contributed by atoms with van der Waals surface area (Å²) in [6.45, 7) is 0. The predicted molar refractivity (Wildman–Crippen MR) is 61.7 cm³/mol. The monoisotopic (exact) mass is 218 g/mol. The van der Waals surface area contributed by atoms with Gasteiger partial charge in [0.05, 0.1) is 7.11 Å². The Morgan fingerprint density at radius 3 is 2.69 bits per heavy atom. The molecule has 0 atom stereocenters. The van der Waals surface area contributed by atoms with Gasteiger partial charge in [-0.05, 0) is 43.0 Å². The molecule has 1 aromatic rings. The fourth-order valence-electron chi connectivity index (χ4n) is 1.25. The standard InChI is InChI=1S/C12H14N2O2/c1-16-11-6-4-10(5-7-11)12(15)14-13-8-9-2-3-9/h4-9H,2-3H2,1H3,(H,14,15)/b13-8+. The van der Waals surface area contributed by atoms with Gasteiger partial charge in [0.2, 0.25) is 0 Å². The Kier molecular flexibility index (Phi) is 3.19. The molecule has 16 heavy (non-hydrogen) atoms. The maximum atomic E-state index is 11.6. The van der Waals surface area contributed by atoms with E-state index in [1.54, 1.807) is 37.6 Å². The van der Waals surface area contributed by atoms with Gasteiger partial charge in [0, 0.05) is 11.8 Å². The van der Waals surface area contributed by atoms with Gasteiger partial charge in [0.25, 0.3) is 5.91 Å². The molecule has 0 radical (unpaired) electrons. The minimum absolute atomic E-state index is 0.195. The molecule has 0 aliphatic heterocycles. The lowest BCUT2D eigenvalue weighted by molar-refractivity contribution is 0.0955. The number of nitrogens with zero attached hydrogens (tertiary/aromatic N) is 1. The summed E-state index contributed by atoms with van der Waals surface area (Å²) in [4.78, 5) is 11.6. The molecule has 0 spiro atoms. The molecule has 1 aromatic carbocycles. The normalized spacial score (nSPS) is 15.1. The van der Waals surface area contributed by atoms with Crippen molar-refractivity contribution < 1.29 is 9.53 Å². The van der Waals surface area contributed by atoms with Crippen LogP contribution in [0.5, 0.6) is 5.75 Å². The summed E-state index contributed by atoms with van der Waals surface area (Å²) in [5.74, 6) is 1.11. The number of carbonyl (C=O) groups excluding carboxylic acids is 1. The second kappa shape index (κ2) is 4.79. The summed E-state index contributed by atoms with van der Waals surface area (Å²) in [6, 6.07) is 6.92. The third-order valence-corrected chi connectivity index (χ3v) is 2.43. The van der Waals surface area contributed by atoms with E-state index in [0.29, 0.717) is 11.5 Å². The third-order valence-electron chi connectivity index (χ3n) is 2.43. The van der Waals surface area contributed by atoms with Crippen LogP contribution in [0.15, 0.2) is 29.4 Å². The Labute approximate surface area is 94.3 Å². The van der Waals surface area contributed by atoms with Gasteiger partial charge >= 0.3 is 0 Å². The van der Waals surface area contributed by atoms with Gasteiger partial charge in [-0.1, -0.05) is 0 Å². The number of methoxy groups -OCH3 is 1. The number of benzene rings is 1. The van der Waals surface area contributed by atoms with Gasteiger partial charge in [-0.25, -0.2) is 5.43 Å². The highest BCUT2D eigenvalue weighted by Crippen LogP contribution is 2.26. The first-order valence-electron chi connectivity index (χ1n) is 5.27. The highest BCUT2D eigenvalue weighted by molar-refractivity contribution is 5.94. The fourth-order valence-corrected chi connectivity index (χ4v) is 1.25. The second-order valence-electron chi connectivity index (χ2n) is 3.79. The van der Waals surface area contributed by atoms with E-state index in [4.69, 9.17) is 4.74 Å².